The Morgan fingerprint density at radius 1 is 1.05 bits per heavy atom. The van der Waals surface area contributed by atoms with Gasteiger partial charge in [0.1, 0.15) is 5.82 Å². The fourth-order valence-corrected chi connectivity index (χ4v) is 2.35. The summed E-state index contributed by atoms with van der Waals surface area (Å²) in [5.41, 5.74) is 8.75. The Hall–Kier alpha value is -1.67. The molecule has 1 atom stereocenters. The lowest BCUT2D eigenvalue weighted by Crippen LogP contribution is -2.39. The average Bonchev–Trinajstić information content (AvgIpc) is 2.42. The summed E-state index contributed by atoms with van der Waals surface area (Å²) in [7, 11) is 0. The highest BCUT2D eigenvalue weighted by Gasteiger charge is 2.28. The molecular formula is C17H20FN. The lowest BCUT2D eigenvalue weighted by molar-refractivity contribution is 0.402. The second-order valence-electron chi connectivity index (χ2n) is 5.15. The van der Waals surface area contributed by atoms with Crippen LogP contribution >= 0.6 is 0 Å². The van der Waals surface area contributed by atoms with E-state index in [2.05, 4.69) is 31.2 Å². The van der Waals surface area contributed by atoms with E-state index in [1.807, 2.05) is 13.0 Å². The van der Waals surface area contributed by atoms with Crippen LogP contribution in [0.15, 0.2) is 48.5 Å². The van der Waals surface area contributed by atoms with Gasteiger partial charge >= 0.3 is 0 Å². The first kappa shape index (κ1) is 13.8. The Bertz CT molecular complexity index is 547. The van der Waals surface area contributed by atoms with E-state index in [1.165, 1.54) is 11.6 Å². The summed E-state index contributed by atoms with van der Waals surface area (Å²) in [4.78, 5) is 0. The lowest BCUT2D eigenvalue weighted by Gasteiger charge is -2.29. The minimum atomic E-state index is -0.652. The minimum absolute atomic E-state index is 0.223. The van der Waals surface area contributed by atoms with Crippen molar-refractivity contribution >= 4 is 0 Å². The first-order valence-electron chi connectivity index (χ1n) is 6.64. The molecule has 100 valence electrons. The molecule has 0 aliphatic heterocycles. The number of halogens is 1. The van der Waals surface area contributed by atoms with Crippen molar-refractivity contribution in [2.24, 2.45) is 5.73 Å². The first-order chi connectivity index (χ1) is 9.05. The van der Waals surface area contributed by atoms with Crippen molar-refractivity contribution in [2.75, 3.05) is 0 Å². The zero-order valence-corrected chi connectivity index (χ0v) is 11.5. The van der Waals surface area contributed by atoms with Crippen LogP contribution in [0.5, 0.6) is 0 Å². The first-order valence-corrected chi connectivity index (χ1v) is 6.64. The summed E-state index contributed by atoms with van der Waals surface area (Å²) in [6, 6.07) is 15.0. The molecule has 0 saturated heterocycles. The predicted molar refractivity (Wildman–Crippen MR) is 77.4 cm³/mol. The molecule has 2 rings (SSSR count). The molecule has 0 bridgehead atoms. The summed E-state index contributed by atoms with van der Waals surface area (Å²) in [5, 5.41) is 0. The van der Waals surface area contributed by atoms with Gasteiger partial charge in [-0.2, -0.15) is 0 Å². The fourth-order valence-electron chi connectivity index (χ4n) is 2.35. The molecule has 0 heterocycles. The number of aryl methyl sites for hydroxylation is 1. The van der Waals surface area contributed by atoms with E-state index in [0.717, 1.165) is 5.56 Å². The molecule has 2 aromatic rings. The third-order valence-corrected chi connectivity index (χ3v) is 3.68. The Labute approximate surface area is 114 Å². The van der Waals surface area contributed by atoms with Gasteiger partial charge in [-0.3, -0.25) is 0 Å². The number of nitrogens with two attached hydrogens (primary N) is 1. The topological polar surface area (TPSA) is 26.0 Å². The molecule has 0 spiro atoms. The highest BCUT2D eigenvalue weighted by molar-refractivity contribution is 5.30. The number of hydrogen-bond acceptors (Lipinski definition) is 1. The van der Waals surface area contributed by atoms with Crippen molar-refractivity contribution in [2.45, 2.75) is 32.2 Å². The van der Waals surface area contributed by atoms with Crippen molar-refractivity contribution in [1.29, 1.82) is 0 Å². The van der Waals surface area contributed by atoms with Crippen LogP contribution < -0.4 is 5.73 Å². The molecule has 0 aromatic heterocycles. The van der Waals surface area contributed by atoms with Gasteiger partial charge in [-0.1, -0.05) is 55.0 Å². The molecule has 1 nitrogen and oxygen atoms in total. The van der Waals surface area contributed by atoms with Crippen LogP contribution in [0, 0.1) is 12.7 Å². The normalized spacial score (nSPS) is 14.1. The molecule has 2 aromatic carbocycles. The predicted octanol–water partition coefficient (Wildman–Crippen LogP) is 3.94. The van der Waals surface area contributed by atoms with E-state index >= 15 is 0 Å². The molecule has 19 heavy (non-hydrogen) atoms. The fraction of sp³-hybridized carbons (Fsp3) is 0.294. The van der Waals surface area contributed by atoms with E-state index in [-0.39, 0.29) is 5.82 Å². The molecule has 2 heteroatoms. The Morgan fingerprint density at radius 3 is 2.26 bits per heavy atom. The monoisotopic (exact) mass is 257 g/mol. The van der Waals surface area contributed by atoms with Crippen LogP contribution in [0.25, 0.3) is 0 Å². The summed E-state index contributed by atoms with van der Waals surface area (Å²) in [5.74, 6) is -0.223. The quantitative estimate of drug-likeness (QED) is 0.882. The van der Waals surface area contributed by atoms with Crippen molar-refractivity contribution < 1.29 is 4.39 Å². The largest absolute Gasteiger partial charge is 0.321 e. The van der Waals surface area contributed by atoms with Gasteiger partial charge in [0.05, 0.1) is 0 Å². The second-order valence-corrected chi connectivity index (χ2v) is 5.15. The van der Waals surface area contributed by atoms with E-state index in [9.17, 15) is 4.39 Å². The molecular weight excluding hydrogens is 237 g/mol. The maximum absolute atomic E-state index is 14.0. The Kier molecular flexibility index (Phi) is 4.01. The Balaban J connectivity index is 2.33. The van der Waals surface area contributed by atoms with Crippen molar-refractivity contribution in [3.63, 3.8) is 0 Å². The van der Waals surface area contributed by atoms with E-state index in [0.29, 0.717) is 18.4 Å². The van der Waals surface area contributed by atoms with Gasteiger partial charge in [0.25, 0.3) is 0 Å². The van der Waals surface area contributed by atoms with Gasteiger partial charge in [0.15, 0.2) is 0 Å². The molecule has 0 aliphatic carbocycles. The highest BCUT2D eigenvalue weighted by Crippen LogP contribution is 2.28. The van der Waals surface area contributed by atoms with Gasteiger partial charge in [-0.25, -0.2) is 4.39 Å². The summed E-state index contributed by atoms with van der Waals surface area (Å²) in [6.45, 7) is 4.05. The van der Waals surface area contributed by atoms with Gasteiger partial charge in [-0.15, -0.1) is 0 Å². The van der Waals surface area contributed by atoms with Crippen LogP contribution in [-0.2, 0) is 12.0 Å². The van der Waals surface area contributed by atoms with Crippen LogP contribution in [0.4, 0.5) is 4.39 Å². The van der Waals surface area contributed by atoms with Gasteiger partial charge in [0, 0.05) is 11.1 Å². The van der Waals surface area contributed by atoms with Crippen molar-refractivity contribution in [3.05, 3.63) is 71.0 Å². The number of rotatable bonds is 4. The lowest BCUT2D eigenvalue weighted by atomic mass is 9.82. The molecule has 0 fully saturated rings. The minimum Gasteiger partial charge on any atom is -0.321 e. The summed E-state index contributed by atoms with van der Waals surface area (Å²) < 4.78 is 14.0. The van der Waals surface area contributed by atoms with Crippen molar-refractivity contribution in [1.82, 2.24) is 0 Å². The van der Waals surface area contributed by atoms with Gasteiger partial charge in [0.2, 0.25) is 0 Å². The number of hydrogen-bond donors (Lipinski definition) is 1. The third kappa shape index (κ3) is 3.02. The standard InChI is InChI=1S/C17H20FN/c1-3-17(19,15-6-4-5-7-16(15)18)12-14-10-8-13(2)9-11-14/h4-11H,3,12,19H2,1-2H3. The average molecular weight is 257 g/mol. The molecule has 0 amide bonds. The van der Waals surface area contributed by atoms with Crippen LogP contribution in [-0.4, -0.2) is 0 Å². The van der Waals surface area contributed by atoms with E-state index < -0.39 is 5.54 Å². The molecule has 1 unspecified atom stereocenters. The molecule has 0 aliphatic rings. The Morgan fingerprint density at radius 2 is 1.68 bits per heavy atom. The van der Waals surface area contributed by atoms with E-state index in [1.54, 1.807) is 12.1 Å². The molecule has 0 radical (unpaired) electrons. The summed E-state index contributed by atoms with van der Waals surface area (Å²) >= 11 is 0. The SMILES string of the molecule is CCC(N)(Cc1ccc(C)cc1)c1ccccc1F. The molecule has 0 saturated carbocycles. The maximum Gasteiger partial charge on any atom is 0.128 e. The van der Waals surface area contributed by atoms with Gasteiger partial charge < -0.3 is 5.73 Å². The molecule has 2 N–H and O–H groups in total. The van der Waals surface area contributed by atoms with Crippen molar-refractivity contribution in [3.8, 4) is 0 Å². The zero-order valence-electron chi connectivity index (χ0n) is 11.5. The second kappa shape index (κ2) is 5.54. The highest BCUT2D eigenvalue weighted by atomic mass is 19.1. The zero-order chi connectivity index (χ0) is 13.9. The number of benzene rings is 2. The summed E-state index contributed by atoms with van der Waals surface area (Å²) in [6.07, 6.45) is 1.34. The van der Waals surface area contributed by atoms with E-state index in [4.69, 9.17) is 5.73 Å². The maximum atomic E-state index is 14.0. The van der Waals surface area contributed by atoms with Gasteiger partial charge in [-0.05, 0) is 31.4 Å². The smallest absolute Gasteiger partial charge is 0.128 e. The van der Waals surface area contributed by atoms with Crippen LogP contribution in [0.1, 0.15) is 30.0 Å². The van der Waals surface area contributed by atoms with Crippen LogP contribution in [0.3, 0.4) is 0 Å². The third-order valence-electron chi connectivity index (χ3n) is 3.68. The van der Waals surface area contributed by atoms with Crippen LogP contribution in [0.2, 0.25) is 0 Å².